The normalized spacial score (nSPS) is 10.8. The molecule has 4 heteroatoms. The molecule has 110 valence electrons. The van der Waals surface area contributed by atoms with Gasteiger partial charge in [0.05, 0.1) is 0 Å². The molecule has 0 aromatic heterocycles. The van der Waals surface area contributed by atoms with Gasteiger partial charge in [-0.05, 0) is 42.2 Å². The maximum absolute atomic E-state index is 13.8. The molecule has 0 bridgehead atoms. The molecule has 2 rings (SSSR count). The minimum absolute atomic E-state index is 0.193. The predicted octanol–water partition coefficient (Wildman–Crippen LogP) is 4.62. The molecule has 0 heterocycles. The van der Waals surface area contributed by atoms with Crippen molar-refractivity contribution in [1.82, 2.24) is 0 Å². The highest BCUT2D eigenvalue weighted by Gasteiger charge is 2.21. The summed E-state index contributed by atoms with van der Waals surface area (Å²) in [6, 6.07) is 9.18. The van der Waals surface area contributed by atoms with E-state index in [-0.39, 0.29) is 11.3 Å². The number of hydrogen-bond acceptors (Lipinski definition) is 2. The zero-order valence-corrected chi connectivity index (χ0v) is 12.1. The summed E-state index contributed by atoms with van der Waals surface area (Å²) < 4.78 is 32.5. The minimum Gasteiger partial charge on any atom is -0.423 e. The van der Waals surface area contributed by atoms with E-state index in [1.54, 1.807) is 12.1 Å². The van der Waals surface area contributed by atoms with Gasteiger partial charge in [0.1, 0.15) is 22.9 Å². The van der Waals surface area contributed by atoms with Gasteiger partial charge in [0, 0.05) is 0 Å². The molecule has 0 saturated heterocycles. The van der Waals surface area contributed by atoms with Gasteiger partial charge in [0.2, 0.25) is 0 Å². The van der Waals surface area contributed by atoms with Crippen LogP contribution in [-0.4, -0.2) is 5.97 Å². The lowest BCUT2D eigenvalue weighted by Crippen LogP contribution is -2.14. The summed E-state index contributed by atoms with van der Waals surface area (Å²) in [5, 5.41) is 0. The second-order valence-electron chi connectivity index (χ2n) is 5.17. The van der Waals surface area contributed by atoms with E-state index in [9.17, 15) is 13.6 Å². The standard InChI is InChI=1S/C17H16F2O2/c1-10(2)12-5-7-13(8-6-12)21-17(20)15-14(18)9-4-11(3)16(15)19/h4-10H,1-3H3. The fourth-order valence-corrected chi connectivity index (χ4v) is 1.92. The van der Waals surface area contributed by atoms with E-state index in [1.807, 2.05) is 26.0 Å². The first kappa shape index (κ1) is 15.2. The summed E-state index contributed by atoms with van der Waals surface area (Å²) in [6.07, 6.45) is 0. The molecule has 0 N–H and O–H groups in total. The summed E-state index contributed by atoms with van der Waals surface area (Å²) >= 11 is 0. The van der Waals surface area contributed by atoms with Crippen molar-refractivity contribution in [2.75, 3.05) is 0 Å². The SMILES string of the molecule is Cc1ccc(F)c(C(=O)Oc2ccc(C(C)C)cc2)c1F. The largest absolute Gasteiger partial charge is 0.423 e. The highest BCUT2D eigenvalue weighted by Crippen LogP contribution is 2.22. The Hall–Kier alpha value is -2.23. The molecule has 2 aromatic carbocycles. The van der Waals surface area contributed by atoms with Crippen LogP contribution in [-0.2, 0) is 0 Å². The van der Waals surface area contributed by atoms with Crippen molar-refractivity contribution in [3.63, 3.8) is 0 Å². The zero-order chi connectivity index (χ0) is 15.6. The fourth-order valence-electron chi connectivity index (χ4n) is 1.92. The van der Waals surface area contributed by atoms with Crippen LogP contribution in [0.25, 0.3) is 0 Å². The molecule has 2 nitrogen and oxygen atoms in total. The van der Waals surface area contributed by atoms with Gasteiger partial charge >= 0.3 is 5.97 Å². The van der Waals surface area contributed by atoms with Gasteiger partial charge in [-0.2, -0.15) is 0 Å². The minimum atomic E-state index is -1.04. The van der Waals surface area contributed by atoms with Crippen molar-refractivity contribution >= 4 is 5.97 Å². The number of halogens is 2. The second kappa shape index (κ2) is 6.04. The Balaban J connectivity index is 2.24. The molecule has 0 fully saturated rings. The van der Waals surface area contributed by atoms with Crippen LogP contribution < -0.4 is 4.74 Å². The van der Waals surface area contributed by atoms with Crippen LogP contribution in [0.1, 0.15) is 41.3 Å². The number of esters is 1. The van der Waals surface area contributed by atoms with Gasteiger partial charge in [-0.25, -0.2) is 13.6 Å². The maximum atomic E-state index is 13.8. The van der Waals surface area contributed by atoms with Crippen molar-refractivity contribution in [2.24, 2.45) is 0 Å². The van der Waals surface area contributed by atoms with Crippen LogP contribution in [0, 0.1) is 18.6 Å². The predicted molar refractivity (Wildman–Crippen MR) is 76.6 cm³/mol. The van der Waals surface area contributed by atoms with Crippen molar-refractivity contribution < 1.29 is 18.3 Å². The first-order valence-corrected chi connectivity index (χ1v) is 6.67. The lowest BCUT2D eigenvalue weighted by molar-refractivity contribution is 0.0724. The van der Waals surface area contributed by atoms with E-state index >= 15 is 0 Å². The van der Waals surface area contributed by atoms with Gasteiger partial charge in [0.15, 0.2) is 0 Å². The quantitative estimate of drug-likeness (QED) is 0.609. The molecule has 0 aliphatic carbocycles. The number of carbonyl (C=O) groups excluding carboxylic acids is 1. The van der Waals surface area contributed by atoms with Crippen LogP contribution in [0.5, 0.6) is 5.75 Å². The first-order valence-electron chi connectivity index (χ1n) is 6.67. The number of ether oxygens (including phenoxy) is 1. The third-order valence-corrected chi connectivity index (χ3v) is 3.25. The van der Waals surface area contributed by atoms with Crippen LogP contribution in [0.2, 0.25) is 0 Å². The molecule has 0 atom stereocenters. The van der Waals surface area contributed by atoms with E-state index < -0.39 is 23.2 Å². The van der Waals surface area contributed by atoms with Gasteiger partial charge in [-0.15, -0.1) is 0 Å². The molecule has 0 saturated carbocycles. The molecule has 0 unspecified atom stereocenters. The van der Waals surface area contributed by atoms with Crippen molar-refractivity contribution in [1.29, 1.82) is 0 Å². The summed E-state index contributed by atoms with van der Waals surface area (Å²) in [7, 11) is 0. The second-order valence-corrected chi connectivity index (χ2v) is 5.17. The third-order valence-electron chi connectivity index (χ3n) is 3.25. The average Bonchev–Trinajstić information content (AvgIpc) is 2.44. The smallest absolute Gasteiger partial charge is 0.349 e. The highest BCUT2D eigenvalue weighted by atomic mass is 19.1. The summed E-state index contributed by atoms with van der Waals surface area (Å²) in [5.41, 5.74) is 0.615. The number of aryl methyl sites for hydroxylation is 1. The molecule has 0 aliphatic heterocycles. The Morgan fingerprint density at radius 2 is 1.67 bits per heavy atom. The van der Waals surface area contributed by atoms with Gasteiger partial charge < -0.3 is 4.74 Å². The van der Waals surface area contributed by atoms with E-state index in [0.29, 0.717) is 5.92 Å². The Morgan fingerprint density at radius 3 is 2.24 bits per heavy atom. The molecular weight excluding hydrogens is 274 g/mol. The number of carbonyl (C=O) groups is 1. The lowest BCUT2D eigenvalue weighted by Gasteiger charge is -2.09. The van der Waals surface area contributed by atoms with Crippen molar-refractivity contribution in [3.8, 4) is 5.75 Å². The van der Waals surface area contributed by atoms with E-state index in [0.717, 1.165) is 11.6 Å². The number of hydrogen-bond donors (Lipinski definition) is 0. The van der Waals surface area contributed by atoms with Crippen LogP contribution in [0.15, 0.2) is 36.4 Å². The zero-order valence-electron chi connectivity index (χ0n) is 12.1. The average molecular weight is 290 g/mol. The fraction of sp³-hybridized carbons (Fsp3) is 0.235. The van der Waals surface area contributed by atoms with Gasteiger partial charge in [0.25, 0.3) is 0 Å². The molecule has 0 spiro atoms. The van der Waals surface area contributed by atoms with Crippen molar-refractivity contribution in [3.05, 3.63) is 64.7 Å². The highest BCUT2D eigenvalue weighted by molar-refractivity contribution is 5.91. The first-order chi connectivity index (χ1) is 9.90. The number of benzene rings is 2. The molecule has 0 radical (unpaired) electrons. The summed E-state index contributed by atoms with van der Waals surface area (Å²) in [5.74, 6) is -2.25. The molecule has 21 heavy (non-hydrogen) atoms. The Labute approximate surface area is 122 Å². The Morgan fingerprint density at radius 1 is 1.05 bits per heavy atom. The maximum Gasteiger partial charge on any atom is 0.349 e. The molecule has 0 amide bonds. The van der Waals surface area contributed by atoms with Gasteiger partial charge in [-0.3, -0.25) is 0 Å². The lowest BCUT2D eigenvalue weighted by atomic mass is 10.0. The molecule has 0 aliphatic rings. The van der Waals surface area contributed by atoms with Gasteiger partial charge in [-0.1, -0.05) is 32.0 Å². The Kier molecular flexibility index (Phi) is 4.36. The van der Waals surface area contributed by atoms with Crippen molar-refractivity contribution in [2.45, 2.75) is 26.7 Å². The number of rotatable bonds is 3. The topological polar surface area (TPSA) is 26.3 Å². The van der Waals surface area contributed by atoms with E-state index in [2.05, 4.69) is 0 Å². The van der Waals surface area contributed by atoms with Crippen LogP contribution in [0.4, 0.5) is 8.78 Å². The molecule has 2 aromatic rings. The van der Waals surface area contributed by atoms with Crippen LogP contribution in [0.3, 0.4) is 0 Å². The summed E-state index contributed by atoms with van der Waals surface area (Å²) in [4.78, 5) is 11.9. The third kappa shape index (κ3) is 3.27. The monoisotopic (exact) mass is 290 g/mol. The summed E-state index contributed by atoms with van der Waals surface area (Å²) in [6.45, 7) is 5.54. The van der Waals surface area contributed by atoms with E-state index in [4.69, 9.17) is 4.74 Å². The molecular formula is C17H16F2O2. The Bertz CT molecular complexity index is 661. The van der Waals surface area contributed by atoms with E-state index in [1.165, 1.54) is 13.0 Å². The van der Waals surface area contributed by atoms with Crippen LogP contribution >= 0.6 is 0 Å².